The minimum Gasteiger partial charge on any atom is -0.487 e. The largest absolute Gasteiger partial charge is 0.487 e. The number of ether oxygens (including phenoxy) is 1. The maximum atomic E-state index is 13.3. The van der Waals surface area contributed by atoms with Gasteiger partial charge in [0.05, 0.1) is 10.2 Å². The normalized spacial score (nSPS) is 11.1. The first kappa shape index (κ1) is 15.4. The van der Waals surface area contributed by atoms with Gasteiger partial charge in [-0.3, -0.25) is 0 Å². The molecule has 0 bridgehead atoms. The molecule has 0 amide bonds. The van der Waals surface area contributed by atoms with E-state index >= 15 is 0 Å². The van der Waals surface area contributed by atoms with Gasteiger partial charge in [0.25, 0.3) is 0 Å². The van der Waals surface area contributed by atoms with Crippen molar-refractivity contribution in [2.75, 3.05) is 0 Å². The van der Waals surface area contributed by atoms with Gasteiger partial charge in [-0.2, -0.15) is 0 Å². The number of rotatable bonds is 6. The van der Waals surface area contributed by atoms with E-state index < -0.39 is 0 Å². The first-order valence-electron chi connectivity index (χ1n) is 6.29. The summed E-state index contributed by atoms with van der Waals surface area (Å²) in [4.78, 5) is 4.47. The third-order valence-corrected chi connectivity index (χ3v) is 4.08. The third-order valence-electron chi connectivity index (χ3n) is 2.54. The zero-order valence-corrected chi connectivity index (χ0v) is 13.7. The summed E-state index contributed by atoms with van der Waals surface area (Å²) in [6.07, 6.45) is 0. The molecule has 0 radical (unpaired) electrons. The molecule has 1 aromatic carbocycles. The van der Waals surface area contributed by atoms with Crippen LogP contribution in [-0.2, 0) is 13.2 Å². The van der Waals surface area contributed by atoms with Crippen molar-refractivity contribution in [2.24, 2.45) is 0 Å². The second-order valence-electron chi connectivity index (χ2n) is 4.63. The van der Waals surface area contributed by atoms with Crippen LogP contribution in [0.15, 0.2) is 28.1 Å². The molecule has 1 heterocycles. The molecule has 0 aliphatic carbocycles. The lowest BCUT2D eigenvalue weighted by Gasteiger charge is -2.05. The van der Waals surface area contributed by atoms with Gasteiger partial charge in [-0.05, 0) is 28.1 Å². The van der Waals surface area contributed by atoms with Crippen molar-refractivity contribution in [3.63, 3.8) is 0 Å². The van der Waals surface area contributed by atoms with Crippen LogP contribution in [0.4, 0.5) is 4.39 Å². The molecule has 0 saturated heterocycles. The third kappa shape index (κ3) is 4.54. The molecule has 2 rings (SSSR count). The Bertz CT molecular complexity index is 574. The first-order chi connectivity index (χ1) is 9.54. The van der Waals surface area contributed by atoms with Crippen LogP contribution in [0, 0.1) is 5.82 Å². The zero-order valence-electron chi connectivity index (χ0n) is 11.3. The molecule has 20 heavy (non-hydrogen) atoms. The first-order valence-corrected chi connectivity index (χ1v) is 7.96. The lowest BCUT2D eigenvalue weighted by atomic mass is 10.3. The molecule has 0 aliphatic heterocycles. The number of hydrogen-bond acceptors (Lipinski definition) is 4. The summed E-state index contributed by atoms with van der Waals surface area (Å²) < 4.78 is 19.3. The topological polar surface area (TPSA) is 34.2 Å². The van der Waals surface area contributed by atoms with Crippen LogP contribution in [-0.4, -0.2) is 11.0 Å². The Kier molecular flexibility index (Phi) is 5.51. The molecule has 3 nitrogen and oxygen atoms in total. The Morgan fingerprint density at radius 1 is 1.45 bits per heavy atom. The van der Waals surface area contributed by atoms with Crippen molar-refractivity contribution >= 4 is 27.3 Å². The molecule has 0 atom stereocenters. The van der Waals surface area contributed by atoms with E-state index in [0.29, 0.717) is 22.9 Å². The van der Waals surface area contributed by atoms with Gasteiger partial charge in [-0.1, -0.05) is 13.8 Å². The van der Waals surface area contributed by atoms with E-state index in [2.05, 4.69) is 40.1 Å². The average Bonchev–Trinajstić information content (AvgIpc) is 2.86. The lowest BCUT2D eigenvalue weighted by Crippen LogP contribution is -2.21. The van der Waals surface area contributed by atoms with Crippen LogP contribution < -0.4 is 10.1 Å². The summed E-state index contributed by atoms with van der Waals surface area (Å²) in [5.74, 6) is 0.170. The van der Waals surface area contributed by atoms with Gasteiger partial charge in [0.15, 0.2) is 0 Å². The summed E-state index contributed by atoms with van der Waals surface area (Å²) in [7, 11) is 0. The van der Waals surface area contributed by atoms with E-state index in [0.717, 1.165) is 17.2 Å². The molecule has 1 aromatic heterocycles. The number of aromatic nitrogens is 1. The summed E-state index contributed by atoms with van der Waals surface area (Å²) in [6, 6.07) is 5.15. The lowest BCUT2D eigenvalue weighted by molar-refractivity contribution is 0.300. The minimum atomic E-state index is -0.331. The van der Waals surface area contributed by atoms with E-state index in [4.69, 9.17) is 4.74 Å². The van der Waals surface area contributed by atoms with E-state index in [1.54, 1.807) is 23.5 Å². The Morgan fingerprint density at radius 3 is 2.95 bits per heavy atom. The maximum absolute atomic E-state index is 13.3. The monoisotopic (exact) mass is 358 g/mol. The summed E-state index contributed by atoms with van der Waals surface area (Å²) in [5.41, 5.74) is 0.860. The molecule has 0 fully saturated rings. The molecule has 0 aliphatic rings. The Morgan fingerprint density at radius 2 is 2.25 bits per heavy atom. The molecular formula is C14H16BrFN2OS. The Hall–Kier alpha value is -0.980. The van der Waals surface area contributed by atoms with Crippen LogP contribution in [0.5, 0.6) is 5.75 Å². The minimum absolute atomic E-state index is 0.331. The number of nitrogens with zero attached hydrogens (tertiary/aromatic N) is 1. The zero-order chi connectivity index (χ0) is 14.5. The summed E-state index contributed by atoms with van der Waals surface area (Å²) in [5, 5.41) is 6.31. The van der Waals surface area contributed by atoms with Crippen LogP contribution >= 0.6 is 27.3 Å². The quantitative estimate of drug-likeness (QED) is 0.843. The fourth-order valence-electron chi connectivity index (χ4n) is 1.51. The summed E-state index contributed by atoms with van der Waals surface area (Å²) in [6.45, 7) is 5.30. The maximum Gasteiger partial charge on any atom is 0.141 e. The number of halogens is 2. The van der Waals surface area contributed by atoms with E-state index in [1.807, 2.05) is 5.38 Å². The molecule has 0 saturated carbocycles. The number of benzene rings is 1. The van der Waals surface area contributed by atoms with Crippen LogP contribution in [0.1, 0.15) is 24.5 Å². The predicted octanol–water partition coefficient (Wildman–Crippen LogP) is 4.12. The molecule has 0 unspecified atom stereocenters. The highest BCUT2D eigenvalue weighted by molar-refractivity contribution is 9.10. The second-order valence-corrected chi connectivity index (χ2v) is 6.43. The fourth-order valence-corrected chi connectivity index (χ4v) is 2.49. The van der Waals surface area contributed by atoms with E-state index in [-0.39, 0.29) is 5.82 Å². The average molecular weight is 359 g/mol. The Balaban J connectivity index is 1.89. The van der Waals surface area contributed by atoms with Crippen molar-refractivity contribution in [2.45, 2.75) is 33.0 Å². The van der Waals surface area contributed by atoms with E-state index in [1.165, 1.54) is 6.07 Å². The fraction of sp³-hybridized carbons (Fsp3) is 0.357. The van der Waals surface area contributed by atoms with Gasteiger partial charge in [0.1, 0.15) is 23.2 Å². The molecule has 0 spiro atoms. The molecular weight excluding hydrogens is 343 g/mol. The number of hydrogen-bond donors (Lipinski definition) is 1. The van der Waals surface area contributed by atoms with Gasteiger partial charge in [0, 0.05) is 24.0 Å². The smallest absolute Gasteiger partial charge is 0.141 e. The molecule has 108 valence electrons. The molecule has 6 heteroatoms. The van der Waals surface area contributed by atoms with Crippen molar-refractivity contribution in [3.05, 3.63) is 44.6 Å². The van der Waals surface area contributed by atoms with E-state index in [9.17, 15) is 4.39 Å². The van der Waals surface area contributed by atoms with Crippen molar-refractivity contribution in [3.8, 4) is 5.75 Å². The highest BCUT2D eigenvalue weighted by atomic mass is 79.9. The van der Waals surface area contributed by atoms with Gasteiger partial charge >= 0.3 is 0 Å². The Labute approximate surface area is 130 Å². The summed E-state index contributed by atoms with van der Waals surface area (Å²) >= 11 is 4.71. The van der Waals surface area contributed by atoms with Gasteiger partial charge in [-0.15, -0.1) is 11.3 Å². The van der Waals surface area contributed by atoms with Crippen molar-refractivity contribution < 1.29 is 9.13 Å². The van der Waals surface area contributed by atoms with Gasteiger partial charge < -0.3 is 10.1 Å². The predicted molar refractivity (Wildman–Crippen MR) is 82.5 cm³/mol. The van der Waals surface area contributed by atoms with Crippen molar-refractivity contribution in [1.82, 2.24) is 10.3 Å². The second kappa shape index (κ2) is 7.15. The SMILES string of the molecule is CC(C)NCc1nc(COc2ccc(Br)c(F)c2)cs1. The van der Waals surface area contributed by atoms with Crippen LogP contribution in [0.25, 0.3) is 0 Å². The van der Waals surface area contributed by atoms with Crippen LogP contribution in [0.2, 0.25) is 0 Å². The highest BCUT2D eigenvalue weighted by Crippen LogP contribution is 2.22. The van der Waals surface area contributed by atoms with Gasteiger partial charge in [-0.25, -0.2) is 9.37 Å². The number of thiazole rings is 1. The molecule has 1 N–H and O–H groups in total. The standard InChI is InChI=1S/C14H16BrFN2OS/c1-9(2)17-6-14-18-10(8-20-14)7-19-11-3-4-12(15)13(16)5-11/h3-5,8-9,17H,6-7H2,1-2H3. The number of nitrogens with one attached hydrogen (secondary N) is 1. The molecule has 2 aromatic rings. The van der Waals surface area contributed by atoms with Crippen molar-refractivity contribution in [1.29, 1.82) is 0 Å². The highest BCUT2D eigenvalue weighted by Gasteiger charge is 2.05. The van der Waals surface area contributed by atoms with Gasteiger partial charge in [0.2, 0.25) is 0 Å². The van der Waals surface area contributed by atoms with Crippen LogP contribution in [0.3, 0.4) is 0 Å².